The number of halogens is 3. The summed E-state index contributed by atoms with van der Waals surface area (Å²) in [6, 6.07) is 15.7. The Labute approximate surface area is 129 Å². The van der Waals surface area contributed by atoms with E-state index in [0.29, 0.717) is 5.56 Å². The molecule has 0 spiro atoms. The number of aromatic nitrogens is 3. The molecular formula is C17H10F3N3. The van der Waals surface area contributed by atoms with Gasteiger partial charge in [-0.2, -0.15) is 18.3 Å². The zero-order valence-corrected chi connectivity index (χ0v) is 11.7. The highest BCUT2D eigenvalue weighted by Gasteiger charge is 2.35. The number of benzene rings is 2. The lowest BCUT2D eigenvalue weighted by molar-refractivity contribution is -0.142. The maximum Gasteiger partial charge on any atom is 0.433 e. The predicted molar refractivity (Wildman–Crippen MR) is 80.9 cm³/mol. The van der Waals surface area contributed by atoms with Crippen LogP contribution in [0.3, 0.4) is 0 Å². The van der Waals surface area contributed by atoms with Crippen LogP contribution in [-0.4, -0.2) is 14.6 Å². The highest BCUT2D eigenvalue weighted by Crippen LogP contribution is 2.32. The van der Waals surface area contributed by atoms with E-state index in [1.807, 2.05) is 36.4 Å². The third-order valence-corrected chi connectivity index (χ3v) is 3.70. The topological polar surface area (TPSA) is 30.2 Å². The molecule has 0 radical (unpaired) electrons. The largest absolute Gasteiger partial charge is 0.433 e. The first-order chi connectivity index (χ1) is 11.0. The van der Waals surface area contributed by atoms with Crippen LogP contribution in [-0.2, 0) is 6.18 Å². The first kappa shape index (κ1) is 13.8. The molecule has 0 bridgehead atoms. The van der Waals surface area contributed by atoms with Crippen LogP contribution < -0.4 is 0 Å². The van der Waals surface area contributed by atoms with Gasteiger partial charge < -0.3 is 0 Å². The van der Waals surface area contributed by atoms with Crippen LogP contribution in [0.5, 0.6) is 0 Å². The Hall–Kier alpha value is -2.89. The van der Waals surface area contributed by atoms with E-state index in [2.05, 4.69) is 10.1 Å². The number of nitrogens with zero attached hydrogens (tertiary/aromatic N) is 3. The van der Waals surface area contributed by atoms with Gasteiger partial charge in [-0.15, -0.1) is 0 Å². The quantitative estimate of drug-likeness (QED) is 0.515. The molecular weight excluding hydrogens is 303 g/mol. The van der Waals surface area contributed by atoms with E-state index in [0.717, 1.165) is 21.4 Å². The summed E-state index contributed by atoms with van der Waals surface area (Å²) in [5.41, 5.74) is 0.243. The van der Waals surface area contributed by atoms with Crippen LogP contribution in [0.2, 0.25) is 0 Å². The maximum atomic E-state index is 13.3. The van der Waals surface area contributed by atoms with Crippen LogP contribution in [0.4, 0.5) is 13.2 Å². The average molecular weight is 313 g/mol. The molecule has 4 aromatic rings. The summed E-state index contributed by atoms with van der Waals surface area (Å²) in [7, 11) is 0. The molecule has 0 aliphatic carbocycles. The third kappa shape index (κ3) is 2.32. The number of fused-ring (bicyclic) bond motifs is 2. The van der Waals surface area contributed by atoms with Gasteiger partial charge in [0.05, 0.1) is 11.9 Å². The van der Waals surface area contributed by atoms with Crippen LogP contribution in [0, 0.1) is 0 Å². The van der Waals surface area contributed by atoms with E-state index in [1.54, 1.807) is 6.07 Å². The molecule has 2 aromatic heterocycles. The Balaban J connectivity index is 1.96. The summed E-state index contributed by atoms with van der Waals surface area (Å²) < 4.78 is 40.6. The van der Waals surface area contributed by atoms with Gasteiger partial charge in [-0.05, 0) is 22.9 Å². The van der Waals surface area contributed by atoms with E-state index in [9.17, 15) is 13.2 Å². The molecule has 0 N–H and O–H groups in total. The summed E-state index contributed by atoms with van der Waals surface area (Å²) in [4.78, 5) is 4.29. The lowest BCUT2D eigenvalue weighted by Crippen LogP contribution is -2.13. The van der Waals surface area contributed by atoms with Crippen molar-refractivity contribution in [3.05, 3.63) is 66.5 Å². The Morgan fingerprint density at radius 2 is 1.65 bits per heavy atom. The predicted octanol–water partition coefficient (Wildman–Crippen LogP) is 4.57. The molecule has 0 amide bonds. The second kappa shape index (κ2) is 4.81. The molecule has 0 saturated carbocycles. The first-order valence-corrected chi connectivity index (χ1v) is 6.93. The molecule has 3 nitrogen and oxygen atoms in total. The molecule has 0 fully saturated rings. The molecule has 0 atom stereocenters. The fourth-order valence-electron chi connectivity index (χ4n) is 2.61. The Morgan fingerprint density at radius 1 is 0.870 bits per heavy atom. The fraction of sp³-hybridized carbons (Fsp3) is 0.0588. The number of alkyl halides is 3. The van der Waals surface area contributed by atoms with Crippen molar-refractivity contribution in [2.24, 2.45) is 0 Å². The minimum atomic E-state index is -4.50. The minimum absolute atomic E-state index is 0.169. The van der Waals surface area contributed by atoms with Gasteiger partial charge in [-0.3, -0.25) is 0 Å². The zero-order chi connectivity index (χ0) is 16.0. The van der Waals surface area contributed by atoms with Crippen molar-refractivity contribution in [2.75, 3.05) is 0 Å². The van der Waals surface area contributed by atoms with E-state index in [1.165, 1.54) is 12.3 Å². The summed E-state index contributed by atoms with van der Waals surface area (Å²) in [5.74, 6) is 0. The van der Waals surface area contributed by atoms with E-state index in [-0.39, 0.29) is 11.3 Å². The fourth-order valence-corrected chi connectivity index (χ4v) is 2.61. The van der Waals surface area contributed by atoms with Crippen LogP contribution in [0.1, 0.15) is 5.69 Å². The highest BCUT2D eigenvalue weighted by molar-refractivity contribution is 5.86. The summed E-state index contributed by atoms with van der Waals surface area (Å²) in [5, 5.41) is 5.68. The Bertz CT molecular complexity index is 1020. The van der Waals surface area contributed by atoms with Crippen molar-refractivity contribution >= 4 is 16.4 Å². The smallest absolute Gasteiger partial charge is 0.229 e. The first-order valence-electron chi connectivity index (χ1n) is 6.93. The van der Waals surface area contributed by atoms with Crippen molar-refractivity contribution in [2.45, 2.75) is 6.18 Å². The second-order valence-corrected chi connectivity index (χ2v) is 5.19. The van der Waals surface area contributed by atoms with Crippen LogP contribution in [0.15, 0.2) is 60.8 Å². The highest BCUT2D eigenvalue weighted by atomic mass is 19.4. The van der Waals surface area contributed by atoms with Gasteiger partial charge in [0.1, 0.15) is 0 Å². The zero-order valence-electron chi connectivity index (χ0n) is 11.7. The number of hydrogen-bond acceptors (Lipinski definition) is 2. The molecule has 2 aromatic carbocycles. The molecule has 2 heterocycles. The van der Waals surface area contributed by atoms with Gasteiger partial charge in [-0.25, -0.2) is 9.50 Å². The van der Waals surface area contributed by atoms with Crippen LogP contribution >= 0.6 is 0 Å². The molecule has 4 rings (SSSR count). The van der Waals surface area contributed by atoms with Gasteiger partial charge >= 0.3 is 6.18 Å². The Kier molecular flexibility index (Phi) is 2.87. The molecule has 114 valence electrons. The van der Waals surface area contributed by atoms with E-state index in [4.69, 9.17) is 0 Å². The summed E-state index contributed by atoms with van der Waals surface area (Å²) >= 11 is 0. The lowest BCUT2D eigenvalue weighted by Gasteiger charge is -2.11. The van der Waals surface area contributed by atoms with Crippen molar-refractivity contribution in [3.63, 3.8) is 0 Å². The van der Waals surface area contributed by atoms with Crippen molar-refractivity contribution in [1.29, 1.82) is 0 Å². The summed E-state index contributed by atoms with van der Waals surface area (Å²) in [6.07, 6.45) is -3.19. The third-order valence-electron chi connectivity index (χ3n) is 3.70. The normalized spacial score (nSPS) is 12.1. The van der Waals surface area contributed by atoms with Crippen molar-refractivity contribution in [1.82, 2.24) is 14.6 Å². The Morgan fingerprint density at radius 3 is 2.43 bits per heavy atom. The van der Waals surface area contributed by atoms with Crippen molar-refractivity contribution < 1.29 is 13.2 Å². The molecule has 0 unspecified atom stereocenters. The maximum absolute atomic E-state index is 13.3. The van der Waals surface area contributed by atoms with E-state index >= 15 is 0 Å². The van der Waals surface area contributed by atoms with Crippen LogP contribution in [0.25, 0.3) is 27.7 Å². The molecule has 0 aliphatic rings. The van der Waals surface area contributed by atoms with E-state index < -0.39 is 11.9 Å². The monoisotopic (exact) mass is 313 g/mol. The van der Waals surface area contributed by atoms with Crippen molar-refractivity contribution in [3.8, 4) is 11.3 Å². The minimum Gasteiger partial charge on any atom is -0.229 e. The molecule has 0 aliphatic heterocycles. The molecule has 6 heteroatoms. The lowest BCUT2D eigenvalue weighted by atomic mass is 10.0. The SMILES string of the molecule is FC(F)(F)c1cc(-c2ccc3ccccc3c2)nc2ccnn12. The summed E-state index contributed by atoms with van der Waals surface area (Å²) in [6.45, 7) is 0. The molecule has 23 heavy (non-hydrogen) atoms. The van der Waals surface area contributed by atoms with Gasteiger partial charge in [-0.1, -0.05) is 36.4 Å². The van der Waals surface area contributed by atoms with Gasteiger partial charge in [0.2, 0.25) is 0 Å². The number of hydrogen-bond donors (Lipinski definition) is 0. The second-order valence-electron chi connectivity index (χ2n) is 5.19. The van der Waals surface area contributed by atoms with Gasteiger partial charge in [0.25, 0.3) is 0 Å². The standard InChI is InChI=1S/C17H10F3N3/c18-17(19,20)15-10-14(22-16-7-8-21-23(15)16)13-6-5-11-3-1-2-4-12(11)9-13/h1-10H. The average Bonchev–Trinajstić information content (AvgIpc) is 3.00. The van der Waals surface area contributed by atoms with Gasteiger partial charge in [0.15, 0.2) is 11.3 Å². The van der Waals surface area contributed by atoms with Gasteiger partial charge in [0, 0.05) is 11.6 Å². The molecule has 0 saturated heterocycles. The number of rotatable bonds is 1.